The van der Waals surface area contributed by atoms with Crippen LogP contribution in [0.4, 0.5) is 18.9 Å². The molecule has 1 saturated carbocycles. The lowest BCUT2D eigenvalue weighted by Gasteiger charge is -2.17. The average molecular weight is 563 g/mol. The summed E-state index contributed by atoms with van der Waals surface area (Å²) >= 11 is 0. The summed E-state index contributed by atoms with van der Waals surface area (Å²) in [7, 11) is -3.68. The van der Waals surface area contributed by atoms with E-state index in [1.807, 2.05) is 43.3 Å². The Hall–Kier alpha value is -3.86. The van der Waals surface area contributed by atoms with Gasteiger partial charge in [-0.25, -0.2) is 13.2 Å². The Morgan fingerprint density at radius 1 is 0.949 bits per heavy atom. The molecular formula is C28H29F3N2O5S. The van der Waals surface area contributed by atoms with Crippen LogP contribution >= 0.6 is 0 Å². The number of rotatable bonds is 8. The quantitative estimate of drug-likeness (QED) is 0.353. The van der Waals surface area contributed by atoms with E-state index in [1.54, 1.807) is 31.2 Å². The molecule has 11 heteroatoms. The van der Waals surface area contributed by atoms with Gasteiger partial charge in [0.05, 0.1) is 10.3 Å². The molecule has 3 aromatic rings. The van der Waals surface area contributed by atoms with E-state index in [2.05, 4.69) is 22.2 Å². The van der Waals surface area contributed by atoms with Crippen molar-refractivity contribution < 1.29 is 36.3 Å². The maximum atomic E-state index is 12.9. The van der Waals surface area contributed by atoms with Crippen molar-refractivity contribution in [3.63, 3.8) is 0 Å². The average Bonchev–Trinajstić information content (AvgIpc) is 3.68. The van der Waals surface area contributed by atoms with Gasteiger partial charge >= 0.3 is 12.1 Å². The van der Waals surface area contributed by atoms with Gasteiger partial charge in [0.15, 0.2) is 0 Å². The summed E-state index contributed by atoms with van der Waals surface area (Å²) in [6, 6.07) is 22.6. The van der Waals surface area contributed by atoms with Crippen LogP contribution in [-0.4, -0.2) is 38.1 Å². The number of benzene rings is 3. The molecule has 4 rings (SSSR count). The van der Waals surface area contributed by atoms with Crippen molar-refractivity contribution in [3.05, 3.63) is 95.1 Å². The lowest BCUT2D eigenvalue weighted by Crippen LogP contribution is -2.35. The molecule has 0 atom stereocenters. The van der Waals surface area contributed by atoms with Crippen LogP contribution in [0, 0.1) is 13.8 Å². The number of carboxylic acids is 1. The highest BCUT2D eigenvalue weighted by Gasteiger charge is 2.51. The van der Waals surface area contributed by atoms with Crippen molar-refractivity contribution in [1.29, 1.82) is 0 Å². The number of halogens is 3. The molecule has 1 aliphatic carbocycles. The second kappa shape index (κ2) is 11.9. The monoisotopic (exact) mass is 562 g/mol. The number of carboxylic acid groups (broad SMARTS) is 1. The molecule has 39 heavy (non-hydrogen) atoms. The van der Waals surface area contributed by atoms with Gasteiger partial charge in [0.1, 0.15) is 0 Å². The molecule has 0 aliphatic heterocycles. The predicted octanol–water partition coefficient (Wildman–Crippen LogP) is 5.13. The third-order valence-electron chi connectivity index (χ3n) is 6.29. The Bertz CT molecular complexity index is 1420. The molecule has 1 fully saturated rings. The zero-order valence-electron chi connectivity index (χ0n) is 21.4. The molecule has 7 nitrogen and oxygen atoms in total. The maximum absolute atomic E-state index is 12.9. The van der Waals surface area contributed by atoms with Gasteiger partial charge in [-0.05, 0) is 73.6 Å². The molecule has 1 amide bonds. The zero-order valence-corrected chi connectivity index (χ0v) is 22.2. The smallest absolute Gasteiger partial charge is 0.475 e. The number of carbonyl (C=O) groups excluding carboxylic acids is 1. The maximum Gasteiger partial charge on any atom is 0.490 e. The van der Waals surface area contributed by atoms with Crippen LogP contribution in [0.5, 0.6) is 0 Å². The van der Waals surface area contributed by atoms with Gasteiger partial charge in [-0.3, -0.25) is 9.52 Å². The fourth-order valence-electron chi connectivity index (χ4n) is 3.97. The number of alkyl halides is 3. The van der Waals surface area contributed by atoms with Crippen molar-refractivity contribution in [1.82, 2.24) is 5.32 Å². The number of sulfonamides is 1. The number of aryl methyl sites for hydroxylation is 2. The SMILES string of the molecule is Cc1ccc(C)c(S(=O)(=O)Nc2ccc(C3(C(=O)NCCc4ccccc4)CC3)cc2)c1.O=C(O)C(F)(F)F. The number of hydrogen-bond acceptors (Lipinski definition) is 4. The van der Waals surface area contributed by atoms with Crippen molar-refractivity contribution in [2.45, 2.75) is 49.6 Å². The second-order valence-corrected chi connectivity index (χ2v) is 11.0. The van der Waals surface area contributed by atoms with Crippen molar-refractivity contribution in [2.75, 3.05) is 11.3 Å². The number of hydrogen-bond donors (Lipinski definition) is 3. The molecule has 0 bridgehead atoms. The summed E-state index contributed by atoms with van der Waals surface area (Å²) in [5, 5.41) is 10.2. The van der Waals surface area contributed by atoms with Gasteiger partial charge in [0.2, 0.25) is 5.91 Å². The third-order valence-corrected chi connectivity index (χ3v) is 7.82. The molecule has 0 heterocycles. The number of carbonyl (C=O) groups is 2. The van der Waals surface area contributed by atoms with E-state index in [4.69, 9.17) is 9.90 Å². The van der Waals surface area contributed by atoms with E-state index >= 15 is 0 Å². The van der Waals surface area contributed by atoms with E-state index in [0.717, 1.165) is 30.4 Å². The van der Waals surface area contributed by atoms with Crippen LogP contribution in [0.3, 0.4) is 0 Å². The minimum Gasteiger partial charge on any atom is -0.475 e. The molecule has 0 saturated heterocycles. The topological polar surface area (TPSA) is 113 Å². The zero-order chi connectivity index (χ0) is 28.8. The van der Waals surface area contributed by atoms with Crippen LogP contribution in [0.15, 0.2) is 77.7 Å². The second-order valence-electron chi connectivity index (χ2n) is 9.33. The normalized spacial score (nSPS) is 14.0. The van der Waals surface area contributed by atoms with Gasteiger partial charge < -0.3 is 10.4 Å². The summed E-state index contributed by atoms with van der Waals surface area (Å²) < 4.78 is 60.1. The molecule has 1 aliphatic rings. The van der Waals surface area contributed by atoms with Crippen molar-refractivity contribution in [2.24, 2.45) is 0 Å². The number of amides is 1. The number of aliphatic carboxylic acids is 1. The Labute approximate surface area is 225 Å². The Morgan fingerprint density at radius 3 is 2.08 bits per heavy atom. The largest absolute Gasteiger partial charge is 0.490 e. The number of nitrogens with one attached hydrogen (secondary N) is 2. The predicted molar refractivity (Wildman–Crippen MR) is 141 cm³/mol. The van der Waals surface area contributed by atoms with Crippen LogP contribution in [0.25, 0.3) is 0 Å². The van der Waals surface area contributed by atoms with Crippen LogP contribution in [0.1, 0.15) is 35.1 Å². The highest BCUT2D eigenvalue weighted by atomic mass is 32.2. The van der Waals surface area contributed by atoms with Gasteiger partial charge in [-0.15, -0.1) is 0 Å². The summed E-state index contributed by atoms with van der Waals surface area (Å²) in [6.45, 7) is 4.25. The lowest BCUT2D eigenvalue weighted by molar-refractivity contribution is -0.192. The fraction of sp³-hybridized carbons (Fsp3) is 0.286. The first-order valence-corrected chi connectivity index (χ1v) is 13.6. The third kappa shape index (κ3) is 7.82. The molecule has 0 unspecified atom stereocenters. The van der Waals surface area contributed by atoms with Crippen LogP contribution in [-0.2, 0) is 31.4 Å². The number of anilines is 1. The van der Waals surface area contributed by atoms with E-state index in [0.29, 0.717) is 17.8 Å². The molecule has 3 aromatic carbocycles. The van der Waals surface area contributed by atoms with Crippen LogP contribution in [0.2, 0.25) is 0 Å². The summed E-state index contributed by atoms with van der Waals surface area (Å²) in [4.78, 5) is 22.0. The van der Waals surface area contributed by atoms with Crippen molar-refractivity contribution in [3.8, 4) is 0 Å². The van der Waals surface area contributed by atoms with E-state index in [1.165, 1.54) is 5.56 Å². The minimum atomic E-state index is -5.08. The Morgan fingerprint density at radius 2 is 1.54 bits per heavy atom. The lowest BCUT2D eigenvalue weighted by atomic mass is 9.94. The van der Waals surface area contributed by atoms with Gasteiger partial charge in [0, 0.05) is 12.2 Å². The van der Waals surface area contributed by atoms with E-state index < -0.39 is 27.6 Å². The first-order valence-electron chi connectivity index (χ1n) is 12.1. The molecule has 0 spiro atoms. The summed E-state index contributed by atoms with van der Waals surface area (Å²) in [5.74, 6) is -2.72. The van der Waals surface area contributed by atoms with E-state index in [-0.39, 0.29) is 10.8 Å². The molecule has 208 valence electrons. The van der Waals surface area contributed by atoms with Crippen LogP contribution < -0.4 is 10.0 Å². The standard InChI is InChI=1S/C26H28N2O3S.C2HF3O2/c1-19-8-9-20(2)24(18-19)32(30,31)28-23-12-10-22(11-13-23)26(15-16-26)25(29)27-17-14-21-6-4-3-5-7-21;3-2(4,5)1(6)7/h3-13,18,28H,14-17H2,1-2H3,(H,27,29);(H,6,7). The van der Waals surface area contributed by atoms with Crippen molar-refractivity contribution >= 4 is 27.6 Å². The fourth-order valence-corrected chi connectivity index (χ4v) is 5.36. The molecule has 0 aromatic heterocycles. The van der Waals surface area contributed by atoms with Gasteiger partial charge in [-0.2, -0.15) is 13.2 Å². The first-order chi connectivity index (χ1) is 18.2. The highest BCUT2D eigenvalue weighted by molar-refractivity contribution is 7.92. The summed E-state index contributed by atoms with van der Waals surface area (Å²) in [6.07, 6.45) is -2.68. The molecule has 3 N–H and O–H groups in total. The van der Waals surface area contributed by atoms with Gasteiger partial charge in [-0.1, -0.05) is 54.6 Å². The Balaban J connectivity index is 0.000000532. The molecular weight excluding hydrogens is 533 g/mol. The van der Waals surface area contributed by atoms with E-state index in [9.17, 15) is 26.4 Å². The van der Waals surface area contributed by atoms with Gasteiger partial charge in [0.25, 0.3) is 10.0 Å². The Kier molecular flexibility index (Phi) is 9.06. The molecule has 0 radical (unpaired) electrons. The minimum absolute atomic E-state index is 0.0390. The first kappa shape index (κ1) is 29.7. The highest BCUT2D eigenvalue weighted by Crippen LogP contribution is 2.48. The summed E-state index contributed by atoms with van der Waals surface area (Å²) in [5.41, 5.74) is 3.68.